The summed E-state index contributed by atoms with van der Waals surface area (Å²) in [6, 6.07) is 0. The zero-order valence-electron chi connectivity index (χ0n) is 13.7. The van der Waals surface area contributed by atoms with Gasteiger partial charge in [0, 0.05) is 30.6 Å². The van der Waals surface area contributed by atoms with E-state index in [1.807, 2.05) is 22.5 Å². The molecule has 9 nitrogen and oxygen atoms in total. The smallest absolute Gasteiger partial charge is 0.184 e. The van der Waals surface area contributed by atoms with Crippen molar-refractivity contribution in [3.63, 3.8) is 0 Å². The summed E-state index contributed by atoms with van der Waals surface area (Å²) >= 11 is 3.21. The Balaban J connectivity index is 1.50. The number of hydrazone groups is 1. The first-order valence-electron chi connectivity index (χ1n) is 7.90. The zero-order chi connectivity index (χ0) is 17.7. The van der Waals surface area contributed by atoms with Crippen molar-refractivity contribution in [3.05, 3.63) is 44.7 Å². The van der Waals surface area contributed by atoms with Gasteiger partial charge in [0.1, 0.15) is 10.7 Å². The summed E-state index contributed by atoms with van der Waals surface area (Å²) in [7, 11) is 1.92. The lowest BCUT2D eigenvalue weighted by Gasteiger charge is -2.28. The summed E-state index contributed by atoms with van der Waals surface area (Å²) in [6.07, 6.45) is 3.33. The molecule has 1 atom stereocenters. The van der Waals surface area contributed by atoms with Gasteiger partial charge in [0.25, 0.3) is 0 Å². The fourth-order valence-electron chi connectivity index (χ4n) is 3.09. The third kappa shape index (κ3) is 2.43. The Morgan fingerprint density at radius 1 is 1.35 bits per heavy atom. The summed E-state index contributed by atoms with van der Waals surface area (Å²) in [5.41, 5.74) is 6.14. The van der Waals surface area contributed by atoms with E-state index in [9.17, 15) is 5.11 Å². The quantitative estimate of drug-likeness (QED) is 0.552. The number of aliphatic hydroxyl groups excluding tert-OH is 1. The van der Waals surface area contributed by atoms with Gasteiger partial charge in [-0.25, -0.2) is 9.97 Å². The van der Waals surface area contributed by atoms with Crippen LogP contribution in [0.3, 0.4) is 0 Å². The molecule has 2 N–H and O–H groups in total. The molecule has 132 valence electrons. The van der Waals surface area contributed by atoms with Gasteiger partial charge >= 0.3 is 0 Å². The van der Waals surface area contributed by atoms with Crippen LogP contribution >= 0.6 is 22.7 Å². The van der Waals surface area contributed by atoms with E-state index < -0.39 is 6.23 Å². The van der Waals surface area contributed by atoms with E-state index in [0.717, 1.165) is 38.7 Å². The molecule has 0 aromatic carbocycles. The van der Waals surface area contributed by atoms with Gasteiger partial charge in [0.15, 0.2) is 11.9 Å². The number of rotatable bonds is 4. The minimum Gasteiger partial charge on any atom is -0.367 e. The van der Waals surface area contributed by atoms with E-state index in [1.54, 1.807) is 40.1 Å². The minimum atomic E-state index is -0.861. The van der Waals surface area contributed by atoms with Gasteiger partial charge in [-0.1, -0.05) is 5.21 Å². The standard InChI is InChI=1S/C15H14N8OS2/c1-22-12-10(4-18-23(15(12)24)5-9-3-17-21-20-9)13-14(22)19-11(26-13)2-8-6-25-7-16-8/h3-4,6-7,15,24H,2,5H2,1H3,(H,17,20,21). The van der Waals surface area contributed by atoms with Crippen LogP contribution in [0.25, 0.3) is 10.3 Å². The Morgan fingerprint density at radius 2 is 2.27 bits per heavy atom. The number of fused-ring (bicyclic) bond motifs is 3. The van der Waals surface area contributed by atoms with E-state index in [2.05, 4.69) is 25.5 Å². The molecule has 11 heteroatoms. The lowest BCUT2D eigenvalue weighted by atomic mass is 10.2. The fourth-order valence-corrected chi connectivity index (χ4v) is 4.78. The molecule has 4 aromatic rings. The van der Waals surface area contributed by atoms with E-state index in [1.165, 1.54) is 0 Å². The third-order valence-electron chi connectivity index (χ3n) is 4.32. The third-order valence-corrected chi connectivity index (χ3v) is 6.04. The van der Waals surface area contributed by atoms with Crippen molar-refractivity contribution in [3.8, 4) is 0 Å². The maximum absolute atomic E-state index is 10.8. The molecule has 5 heterocycles. The molecule has 0 saturated heterocycles. The Labute approximate surface area is 155 Å². The molecule has 0 saturated carbocycles. The molecule has 1 aliphatic rings. The van der Waals surface area contributed by atoms with Crippen LogP contribution in [-0.2, 0) is 20.0 Å². The molecule has 0 aliphatic carbocycles. The van der Waals surface area contributed by atoms with Crippen molar-refractivity contribution in [2.45, 2.75) is 19.2 Å². The Morgan fingerprint density at radius 3 is 3.04 bits per heavy atom. The van der Waals surface area contributed by atoms with Crippen LogP contribution in [0, 0.1) is 0 Å². The van der Waals surface area contributed by atoms with Crippen LogP contribution in [0.4, 0.5) is 0 Å². The van der Waals surface area contributed by atoms with Gasteiger partial charge in [0.05, 0.1) is 34.4 Å². The SMILES string of the molecule is Cn1c2c(c3sc(Cc4cscn4)nc31)C=NN(Cc1c[nH]nn1)C2O. The van der Waals surface area contributed by atoms with E-state index in [-0.39, 0.29) is 0 Å². The first-order chi connectivity index (χ1) is 12.7. The fraction of sp³-hybridized carbons (Fsp3) is 0.267. The number of aromatic amines is 1. The second-order valence-corrected chi connectivity index (χ2v) is 7.76. The largest absolute Gasteiger partial charge is 0.367 e. The highest BCUT2D eigenvalue weighted by molar-refractivity contribution is 7.19. The predicted molar refractivity (Wildman–Crippen MR) is 98.0 cm³/mol. The summed E-state index contributed by atoms with van der Waals surface area (Å²) in [5.74, 6) is 0. The summed E-state index contributed by atoms with van der Waals surface area (Å²) in [5, 5.41) is 30.1. The van der Waals surface area contributed by atoms with Gasteiger partial charge in [-0.15, -0.1) is 27.8 Å². The Hall–Kier alpha value is -2.63. The first kappa shape index (κ1) is 15.6. The number of aryl methyl sites for hydroxylation is 1. The summed E-state index contributed by atoms with van der Waals surface area (Å²) < 4.78 is 2.98. The summed E-state index contributed by atoms with van der Waals surface area (Å²) in [6.45, 7) is 0.370. The second-order valence-electron chi connectivity index (χ2n) is 5.96. The van der Waals surface area contributed by atoms with Crippen LogP contribution in [-0.4, -0.2) is 46.3 Å². The molecular formula is C15H14N8OS2. The molecule has 5 rings (SSSR count). The highest BCUT2D eigenvalue weighted by Crippen LogP contribution is 2.36. The first-order valence-corrected chi connectivity index (χ1v) is 9.65. The molecule has 26 heavy (non-hydrogen) atoms. The molecule has 0 bridgehead atoms. The number of aliphatic hydroxyl groups is 1. The van der Waals surface area contributed by atoms with Crippen molar-refractivity contribution in [2.24, 2.45) is 12.1 Å². The van der Waals surface area contributed by atoms with Crippen molar-refractivity contribution in [1.29, 1.82) is 0 Å². The average Bonchev–Trinajstić information content (AvgIpc) is 3.39. The predicted octanol–water partition coefficient (Wildman–Crippen LogP) is 1.64. The van der Waals surface area contributed by atoms with E-state index in [0.29, 0.717) is 12.2 Å². The van der Waals surface area contributed by atoms with E-state index in [4.69, 9.17) is 4.98 Å². The number of thiazole rings is 2. The van der Waals surface area contributed by atoms with Gasteiger partial charge in [-0.3, -0.25) is 10.1 Å². The van der Waals surface area contributed by atoms with Crippen molar-refractivity contribution in [1.82, 2.24) is 35.0 Å². The number of nitrogens with one attached hydrogen (secondary N) is 1. The molecule has 0 fully saturated rings. The van der Waals surface area contributed by atoms with Gasteiger partial charge < -0.3 is 9.67 Å². The molecular weight excluding hydrogens is 372 g/mol. The molecule has 1 unspecified atom stereocenters. The number of hydrogen-bond donors (Lipinski definition) is 2. The van der Waals surface area contributed by atoms with Crippen LogP contribution in [0.5, 0.6) is 0 Å². The number of hydrogen-bond acceptors (Lipinski definition) is 9. The average molecular weight is 386 g/mol. The van der Waals surface area contributed by atoms with Crippen molar-refractivity contribution < 1.29 is 5.11 Å². The molecule has 0 amide bonds. The van der Waals surface area contributed by atoms with Crippen molar-refractivity contribution >= 4 is 39.2 Å². The number of aromatic nitrogens is 6. The second kappa shape index (κ2) is 5.97. The minimum absolute atomic E-state index is 0.370. The van der Waals surface area contributed by atoms with Crippen LogP contribution in [0.15, 0.2) is 22.2 Å². The van der Waals surface area contributed by atoms with Gasteiger partial charge in [-0.2, -0.15) is 5.10 Å². The maximum Gasteiger partial charge on any atom is 0.184 e. The van der Waals surface area contributed by atoms with E-state index >= 15 is 0 Å². The molecule has 1 aliphatic heterocycles. The topological polar surface area (TPSA) is 108 Å². The Bertz CT molecular complexity index is 1080. The zero-order valence-corrected chi connectivity index (χ0v) is 15.3. The lowest BCUT2D eigenvalue weighted by Crippen LogP contribution is -2.29. The molecule has 0 radical (unpaired) electrons. The monoisotopic (exact) mass is 386 g/mol. The lowest BCUT2D eigenvalue weighted by molar-refractivity contribution is -0.0107. The maximum atomic E-state index is 10.8. The molecule has 4 aromatic heterocycles. The van der Waals surface area contributed by atoms with Crippen LogP contribution in [0.2, 0.25) is 0 Å². The molecule has 0 spiro atoms. The van der Waals surface area contributed by atoms with Gasteiger partial charge in [0.2, 0.25) is 0 Å². The number of nitrogens with zero attached hydrogens (tertiary/aromatic N) is 7. The van der Waals surface area contributed by atoms with Crippen LogP contribution < -0.4 is 0 Å². The highest BCUT2D eigenvalue weighted by atomic mass is 32.1. The van der Waals surface area contributed by atoms with Crippen LogP contribution in [0.1, 0.15) is 33.9 Å². The number of H-pyrrole nitrogens is 1. The normalized spacial score (nSPS) is 16.5. The highest BCUT2D eigenvalue weighted by Gasteiger charge is 2.30. The van der Waals surface area contributed by atoms with Gasteiger partial charge in [-0.05, 0) is 0 Å². The van der Waals surface area contributed by atoms with Crippen molar-refractivity contribution in [2.75, 3.05) is 0 Å². The summed E-state index contributed by atoms with van der Waals surface area (Å²) in [4.78, 5) is 9.08. The Kier molecular flexibility index (Phi) is 3.58.